The Kier molecular flexibility index (Phi) is 8.36. The third kappa shape index (κ3) is 5.95. The number of unbranched alkanes of at least 4 members (excludes halogenated alkanes) is 1. The highest BCUT2D eigenvalue weighted by atomic mass is 35.5. The Hall–Kier alpha value is -1.62. The lowest BCUT2D eigenvalue weighted by atomic mass is 9.54. The minimum absolute atomic E-state index is 0.115. The lowest BCUT2D eigenvalue weighted by Crippen LogP contribution is -2.57. The number of halogens is 1. The van der Waals surface area contributed by atoms with Crippen molar-refractivity contribution in [3.05, 3.63) is 50.7 Å². The van der Waals surface area contributed by atoms with Gasteiger partial charge in [-0.2, -0.15) is 0 Å². The van der Waals surface area contributed by atoms with Crippen LogP contribution < -0.4 is 0 Å². The molecule has 7 heteroatoms. The van der Waals surface area contributed by atoms with Crippen molar-refractivity contribution in [3.63, 3.8) is 0 Å². The number of carbonyl (C=O) groups is 1. The van der Waals surface area contributed by atoms with Gasteiger partial charge in [0, 0.05) is 27.9 Å². The van der Waals surface area contributed by atoms with E-state index in [4.69, 9.17) is 23.8 Å². The van der Waals surface area contributed by atoms with Gasteiger partial charge in [-0.15, -0.1) is 11.3 Å². The van der Waals surface area contributed by atoms with Gasteiger partial charge in [-0.3, -0.25) is 9.69 Å². The van der Waals surface area contributed by atoms with Gasteiger partial charge in [-0.05, 0) is 125 Å². The molecule has 214 valence electrons. The van der Waals surface area contributed by atoms with Gasteiger partial charge >= 0.3 is 0 Å². The fraction of sp³-hybridized carbons (Fsp3) is 0.529. The summed E-state index contributed by atoms with van der Waals surface area (Å²) in [6.07, 6.45) is 14.6. The van der Waals surface area contributed by atoms with Gasteiger partial charge in [-0.1, -0.05) is 66.0 Å². The summed E-state index contributed by atoms with van der Waals surface area (Å²) in [5.41, 5.74) is 2.14. The van der Waals surface area contributed by atoms with E-state index in [-0.39, 0.29) is 5.91 Å². The second-order valence-corrected chi connectivity index (χ2v) is 15.9. The Bertz CT molecular complexity index is 1380. The Morgan fingerprint density at radius 2 is 1.71 bits per heavy atom. The molecule has 3 nitrogen and oxygen atoms in total. The zero-order chi connectivity index (χ0) is 27.9. The van der Waals surface area contributed by atoms with Gasteiger partial charge in [0.05, 0.1) is 9.78 Å². The van der Waals surface area contributed by atoms with Crippen LogP contribution in [0.2, 0.25) is 5.02 Å². The largest absolute Gasteiger partial charge is 0.303 e. The zero-order valence-corrected chi connectivity index (χ0v) is 26.7. The summed E-state index contributed by atoms with van der Waals surface area (Å²) in [4.78, 5) is 21.4. The molecule has 0 unspecified atom stereocenters. The molecule has 6 fully saturated rings. The maximum absolute atomic E-state index is 13.8. The predicted octanol–water partition coefficient (Wildman–Crippen LogP) is 8.71. The first-order valence-corrected chi connectivity index (χ1v) is 17.8. The number of piperidine rings is 1. The van der Waals surface area contributed by atoms with Crippen molar-refractivity contribution in [2.24, 2.45) is 23.7 Å². The number of benzene rings is 1. The predicted molar refractivity (Wildman–Crippen MR) is 177 cm³/mol. The molecule has 1 amide bonds. The van der Waals surface area contributed by atoms with Crippen LogP contribution in [0.4, 0.5) is 0 Å². The molecular weight excluding hydrogens is 584 g/mol. The fourth-order valence-electron chi connectivity index (χ4n) is 8.31. The second kappa shape index (κ2) is 12.2. The average molecular weight is 621 g/mol. The normalized spacial score (nSPS) is 30.3. The summed E-state index contributed by atoms with van der Waals surface area (Å²) >= 11 is 15.2. The van der Waals surface area contributed by atoms with E-state index in [1.54, 1.807) is 11.3 Å². The van der Waals surface area contributed by atoms with Crippen molar-refractivity contribution in [1.82, 2.24) is 9.80 Å². The van der Waals surface area contributed by atoms with E-state index in [2.05, 4.69) is 41.0 Å². The average Bonchev–Trinajstić information content (AvgIpc) is 3.48. The van der Waals surface area contributed by atoms with E-state index in [1.165, 1.54) is 76.2 Å². The molecule has 0 atom stereocenters. The van der Waals surface area contributed by atoms with Crippen LogP contribution in [-0.4, -0.2) is 45.7 Å². The third-order valence-corrected chi connectivity index (χ3v) is 12.6. The van der Waals surface area contributed by atoms with Crippen molar-refractivity contribution in [2.45, 2.75) is 70.3 Å². The van der Waals surface area contributed by atoms with Crippen LogP contribution in [-0.2, 0) is 4.79 Å². The van der Waals surface area contributed by atoms with Crippen molar-refractivity contribution < 1.29 is 4.79 Å². The van der Waals surface area contributed by atoms with Crippen molar-refractivity contribution >= 4 is 63.2 Å². The molecule has 4 saturated carbocycles. The Balaban J connectivity index is 1.10. The van der Waals surface area contributed by atoms with E-state index >= 15 is 0 Å². The molecule has 4 aliphatic carbocycles. The van der Waals surface area contributed by atoms with Crippen LogP contribution in [0.3, 0.4) is 0 Å². The van der Waals surface area contributed by atoms with Crippen LogP contribution in [0.25, 0.3) is 16.5 Å². The van der Waals surface area contributed by atoms with Crippen molar-refractivity contribution in [2.75, 3.05) is 19.6 Å². The molecule has 4 bridgehead atoms. The van der Waals surface area contributed by atoms with Crippen molar-refractivity contribution in [3.8, 4) is 22.3 Å². The van der Waals surface area contributed by atoms with E-state index in [0.717, 1.165) is 66.4 Å². The van der Waals surface area contributed by atoms with Gasteiger partial charge in [0.25, 0.3) is 5.91 Å². The third-order valence-electron chi connectivity index (χ3n) is 9.88. The maximum atomic E-state index is 13.8. The van der Waals surface area contributed by atoms with Crippen LogP contribution in [0.5, 0.6) is 0 Å². The molecule has 1 aromatic heterocycles. The highest BCUT2D eigenvalue weighted by Gasteiger charge is 2.53. The topological polar surface area (TPSA) is 23.6 Å². The summed E-state index contributed by atoms with van der Waals surface area (Å²) < 4.78 is 0.752. The van der Waals surface area contributed by atoms with Gasteiger partial charge in [-0.25, -0.2) is 0 Å². The van der Waals surface area contributed by atoms with E-state index in [1.807, 2.05) is 17.0 Å². The number of thiophene rings is 1. The molecule has 2 aliphatic heterocycles. The molecular formula is C34H37ClN2OS3. The van der Waals surface area contributed by atoms with E-state index < -0.39 is 0 Å². The van der Waals surface area contributed by atoms with Gasteiger partial charge in [0.1, 0.15) is 4.32 Å². The molecule has 41 heavy (non-hydrogen) atoms. The molecule has 0 N–H and O–H groups in total. The number of likely N-dealkylation sites (tertiary alicyclic amines) is 1. The number of nitrogens with zero attached hydrogens (tertiary/aromatic N) is 2. The van der Waals surface area contributed by atoms with Crippen LogP contribution >= 0.6 is 46.9 Å². The summed E-state index contributed by atoms with van der Waals surface area (Å²) in [6, 6.07) is 10.4. The van der Waals surface area contributed by atoms with Gasteiger partial charge < -0.3 is 4.90 Å². The number of thioether (sulfide) groups is 1. The van der Waals surface area contributed by atoms with E-state index in [0.29, 0.717) is 17.9 Å². The van der Waals surface area contributed by atoms with Gasteiger partial charge in [0.15, 0.2) is 0 Å². The highest BCUT2D eigenvalue weighted by molar-refractivity contribution is 8.26. The Labute approximate surface area is 263 Å². The zero-order valence-electron chi connectivity index (χ0n) is 23.4. The Morgan fingerprint density at radius 1 is 1.00 bits per heavy atom. The minimum atomic E-state index is 0.115. The molecule has 1 aromatic carbocycles. The minimum Gasteiger partial charge on any atom is -0.303 e. The molecule has 0 radical (unpaired) electrons. The highest BCUT2D eigenvalue weighted by Crippen LogP contribution is 2.56. The second-order valence-electron chi connectivity index (χ2n) is 12.7. The SMILES string of the molecule is O=C1/C(=C/c2cc(C#CCCCN3CCCCC3)c(-c3ccc(Cl)cc3)s2)SC(=S)N1C1C2CC3CC(C2)CC1C3. The molecule has 3 heterocycles. The molecule has 2 saturated heterocycles. The standard InChI is InChI=1S/C34H37ClN2OS3/c35-28-10-8-24(9-11-28)32-25(7-3-1-4-12-36-13-5-2-6-14-36)20-29(40-32)21-30-33(38)37(34(39)41-30)31-26-16-22-15-23(18-26)19-27(31)17-22/h8-11,20-23,26-27,31H,1-2,4-6,12-19H2/b30-21-. The fourth-order valence-corrected chi connectivity index (χ4v) is 10.9. The Morgan fingerprint density at radius 3 is 2.41 bits per heavy atom. The molecule has 0 spiro atoms. The first-order chi connectivity index (χ1) is 20.0. The monoisotopic (exact) mass is 620 g/mol. The number of thiocarbonyl (C=S) groups is 1. The van der Waals surface area contributed by atoms with Crippen LogP contribution in [0.15, 0.2) is 35.2 Å². The summed E-state index contributed by atoms with van der Waals surface area (Å²) in [6.45, 7) is 3.61. The van der Waals surface area contributed by atoms with Gasteiger partial charge in [0.2, 0.25) is 0 Å². The number of rotatable bonds is 6. The lowest BCUT2D eigenvalue weighted by molar-refractivity contribution is -0.130. The quantitative estimate of drug-likeness (QED) is 0.139. The number of carbonyl (C=O) groups excluding carboxylic acids is 1. The first kappa shape index (κ1) is 28.2. The molecule has 6 aliphatic rings. The number of hydrogen-bond donors (Lipinski definition) is 0. The maximum Gasteiger partial charge on any atom is 0.266 e. The smallest absolute Gasteiger partial charge is 0.266 e. The molecule has 2 aromatic rings. The van der Waals surface area contributed by atoms with Crippen LogP contribution in [0, 0.1) is 35.5 Å². The first-order valence-electron chi connectivity index (χ1n) is 15.4. The summed E-state index contributed by atoms with van der Waals surface area (Å²) in [5.74, 6) is 10.1. The number of hydrogen-bond acceptors (Lipinski definition) is 5. The van der Waals surface area contributed by atoms with Crippen molar-refractivity contribution in [1.29, 1.82) is 0 Å². The molecule has 8 rings (SSSR count). The summed E-state index contributed by atoms with van der Waals surface area (Å²) in [7, 11) is 0. The summed E-state index contributed by atoms with van der Waals surface area (Å²) in [5, 5.41) is 0.726. The lowest BCUT2D eigenvalue weighted by Gasteiger charge is -2.56. The number of amides is 1. The van der Waals surface area contributed by atoms with Crippen LogP contribution in [0.1, 0.15) is 74.6 Å². The van der Waals surface area contributed by atoms with E-state index in [9.17, 15) is 4.79 Å².